The molecule has 3 aromatic rings. The first-order valence-electron chi connectivity index (χ1n) is 8.76. The van der Waals surface area contributed by atoms with Crippen molar-refractivity contribution >= 4 is 17.5 Å². The Labute approximate surface area is 152 Å². The van der Waals surface area contributed by atoms with Gasteiger partial charge in [0.15, 0.2) is 0 Å². The van der Waals surface area contributed by atoms with Crippen LogP contribution in [0.5, 0.6) is 0 Å². The SMILES string of the molecule is Cc1ccc(N2C(=O)c3ccc(CCc4ccccc4)cc3C2=O)cc1. The van der Waals surface area contributed by atoms with Crippen molar-refractivity contribution in [2.24, 2.45) is 0 Å². The maximum atomic E-state index is 12.8. The second-order valence-corrected chi connectivity index (χ2v) is 6.65. The van der Waals surface area contributed by atoms with E-state index in [1.54, 1.807) is 6.07 Å². The lowest BCUT2D eigenvalue weighted by atomic mass is 10.0. The van der Waals surface area contributed by atoms with Crippen molar-refractivity contribution in [3.05, 3.63) is 101 Å². The molecule has 0 aliphatic carbocycles. The molecule has 0 saturated heterocycles. The van der Waals surface area contributed by atoms with Crippen LogP contribution in [0.15, 0.2) is 72.8 Å². The number of amides is 2. The number of benzene rings is 3. The second-order valence-electron chi connectivity index (χ2n) is 6.65. The summed E-state index contributed by atoms with van der Waals surface area (Å²) in [7, 11) is 0. The molecule has 3 aromatic carbocycles. The molecule has 3 heteroatoms. The highest BCUT2D eigenvalue weighted by molar-refractivity contribution is 6.34. The highest BCUT2D eigenvalue weighted by Crippen LogP contribution is 2.29. The highest BCUT2D eigenvalue weighted by Gasteiger charge is 2.36. The van der Waals surface area contributed by atoms with Crippen molar-refractivity contribution in [3.8, 4) is 0 Å². The average Bonchev–Trinajstić information content (AvgIpc) is 2.92. The van der Waals surface area contributed by atoms with Crippen LogP contribution < -0.4 is 4.90 Å². The summed E-state index contributed by atoms with van der Waals surface area (Å²) in [5.74, 6) is -0.487. The molecule has 0 spiro atoms. The third-order valence-electron chi connectivity index (χ3n) is 4.79. The first-order valence-corrected chi connectivity index (χ1v) is 8.76. The Morgan fingerprint density at radius 3 is 2.08 bits per heavy atom. The number of hydrogen-bond donors (Lipinski definition) is 0. The van der Waals surface area contributed by atoms with E-state index in [1.807, 2.05) is 61.5 Å². The zero-order valence-electron chi connectivity index (χ0n) is 14.6. The van der Waals surface area contributed by atoms with Gasteiger partial charge in [-0.1, -0.05) is 54.1 Å². The molecule has 0 atom stereocenters. The first kappa shape index (κ1) is 16.3. The third-order valence-corrected chi connectivity index (χ3v) is 4.79. The minimum Gasteiger partial charge on any atom is -0.268 e. The quantitative estimate of drug-likeness (QED) is 0.651. The monoisotopic (exact) mass is 341 g/mol. The fourth-order valence-corrected chi connectivity index (χ4v) is 3.31. The van der Waals surface area contributed by atoms with Crippen molar-refractivity contribution in [2.45, 2.75) is 19.8 Å². The van der Waals surface area contributed by atoms with Gasteiger partial charge in [0.1, 0.15) is 0 Å². The number of aryl methyl sites for hydroxylation is 3. The van der Waals surface area contributed by atoms with Crippen LogP contribution in [0.4, 0.5) is 5.69 Å². The smallest absolute Gasteiger partial charge is 0.266 e. The van der Waals surface area contributed by atoms with E-state index in [0.717, 1.165) is 24.0 Å². The van der Waals surface area contributed by atoms with E-state index in [2.05, 4.69) is 12.1 Å². The molecule has 4 rings (SSSR count). The van der Waals surface area contributed by atoms with Gasteiger partial charge in [-0.05, 0) is 55.2 Å². The van der Waals surface area contributed by atoms with Crippen molar-refractivity contribution in [1.29, 1.82) is 0 Å². The molecule has 0 aromatic heterocycles. The molecule has 1 heterocycles. The Hall–Kier alpha value is -3.20. The summed E-state index contributed by atoms with van der Waals surface area (Å²) >= 11 is 0. The van der Waals surface area contributed by atoms with Crippen LogP contribution in [0.3, 0.4) is 0 Å². The van der Waals surface area contributed by atoms with E-state index in [9.17, 15) is 9.59 Å². The summed E-state index contributed by atoms with van der Waals surface area (Å²) in [5, 5.41) is 0. The first-order chi connectivity index (χ1) is 12.6. The van der Waals surface area contributed by atoms with E-state index in [4.69, 9.17) is 0 Å². The van der Waals surface area contributed by atoms with Crippen LogP contribution >= 0.6 is 0 Å². The molecule has 1 aliphatic heterocycles. The van der Waals surface area contributed by atoms with Gasteiger partial charge >= 0.3 is 0 Å². The lowest BCUT2D eigenvalue weighted by molar-refractivity contribution is 0.0926. The summed E-state index contributed by atoms with van der Waals surface area (Å²) in [6, 6.07) is 23.3. The molecule has 0 bridgehead atoms. The molecule has 0 N–H and O–H groups in total. The van der Waals surface area contributed by atoms with Gasteiger partial charge in [0.2, 0.25) is 0 Å². The number of carbonyl (C=O) groups is 2. The molecule has 1 aliphatic rings. The third kappa shape index (κ3) is 2.92. The maximum absolute atomic E-state index is 12.8. The zero-order chi connectivity index (χ0) is 18.1. The van der Waals surface area contributed by atoms with Gasteiger partial charge in [0.05, 0.1) is 16.8 Å². The molecular formula is C23H19NO2. The van der Waals surface area contributed by atoms with Crippen LogP contribution in [-0.2, 0) is 12.8 Å². The Morgan fingerprint density at radius 2 is 1.35 bits per heavy atom. The second kappa shape index (κ2) is 6.60. The number of anilines is 1. The van der Waals surface area contributed by atoms with Crippen molar-refractivity contribution < 1.29 is 9.59 Å². The molecule has 128 valence electrons. The fourth-order valence-electron chi connectivity index (χ4n) is 3.31. The summed E-state index contributed by atoms with van der Waals surface area (Å²) in [4.78, 5) is 26.8. The summed E-state index contributed by atoms with van der Waals surface area (Å²) < 4.78 is 0. The molecule has 2 amide bonds. The van der Waals surface area contributed by atoms with Gasteiger partial charge in [-0.25, -0.2) is 4.90 Å². The highest BCUT2D eigenvalue weighted by atomic mass is 16.2. The topological polar surface area (TPSA) is 37.4 Å². The average molecular weight is 341 g/mol. The largest absolute Gasteiger partial charge is 0.268 e. The minimum absolute atomic E-state index is 0.240. The molecule has 3 nitrogen and oxygen atoms in total. The normalized spacial score (nSPS) is 13.2. The standard InChI is InChI=1S/C23H19NO2/c1-16-7-12-19(13-8-16)24-22(25)20-14-11-18(15-21(20)23(24)26)10-9-17-5-3-2-4-6-17/h2-8,11-15H,9-10H2,1H3. The summed E-state index contributed by atoms with van der Waals surface area (Å²) in [6.07, 6.45) is 1.74. The fraction of sp³-hybridized carbons (Fsp3) is 0.130. The van der Waals surface area contributed by atoms with Gasteiger partial charge in [-0.3, -0.25) is 9.59 Å². The van der Waals surface area contributed by atoms with Gasteiger partial charge in [0, 0.05) is 0 Å². The predicted molar refractivity (Wildman–Crippen MR) is 103 cm³/mol. The van der Waals surface area contributed by atoms with E-state index < -0.39 is 0 Å². The van der Waals surface area contributed by atoms with Crippen molar-refractivity contribution in [2.75, 3.05) is 4.90 Å². The number of rotatable bonds is 4. The number of imide groups is 1. The van der Waals surface area contributed by atoms with E-state index >= 15 is 0 Å². The molecule has 0 radical (unpaired) electrons. The number of fused-ring (bicyclic) bond motifs is 1. The van der Waals surface area contributed by atoms with Crippen LogP contribution in [0.25, 0.3) is 0 Å². The number of hydrogen-bond acceptors (Lipinski definition) is 2. The predicted octanol–water partition coefficient (Wildman–Crippen LogP) is 4.58. The van der Waals surface area contributed by atoms with Crippen molar-refractivity contribution in [1.82, 2.24) is 0 Å². The van der Waals surface area contributed by atoms with E-state index in [0.29, 0.717) is 16.8 Å². The Bertz CT molecular complexity index is 975. The maximum Gasteiger partial charge on any atom is 0.266 e. The van der Waals surface area contributed by atoms with Crippen LogP contribution in [-0.4, -0.2) is 11.8 Å². The zero-order valence-corrected chi connectivity index (χ0v) is 14.6. The minimum atomic E-state index is -0.247. The Kier molecular flexibility index (Phi) is 4.13. The van der Waals surface area contributed by atoms with Crippen LogP contribution in [0.2, 0.25) is 0 Å². The summed E-state index contributed by atoms with van der Waals surface area (Å²) in [5.41, 5.74) is 5.03. The molecule has 26 heavy (non-hydrogen) atoms. The van der Waals surface area contributed by atoms with Gasteiger partial charge < -0.3 is 0 Å². The van der Waals surface area contributed by atoms with E-state index in [1.165, 1.54) is 10.5 Å². The summed E-state index contributed by atoms with van der Waals surface area (Å²) in [6.45, 7) is 1.98. The van der Waals surface area contributed by atoms with Crippen LogP contribution in [0, 0.1) is 6.92 Å². The van der Waals surface area contributed by atoms with Crippen molar-refractivity contribution in [3.63, 3.8) is 0 Å². The molecular weight excluding hydrogens is 322 g/mol. The number of nitrogens with zero attached hydrogens (tertiary/aromatic N) is 1. The number of carbonyl (C=O) groups excluding carboxylic acids is 2. The molecule has 0 saturated carbocycles. The van der Waals surface area contributed by atoms with Gasteiger partial charge in [-0.15, -0.1) is 0 Å². The Morgan fingerprint density at radius 1 is 0.692 bits per heavy atom. The van der Waals surface area contributed by atoms with Gasteiger partial charge in [-0.2, -0.15) is 0 Å². The lowest BCUT2D eigenvalue weighted by Crippen LogP contribution is -2.29. The molecule has 0 fully saturated rings. The molecule has 0 unspecified atom stereocenters. The lowest BCUT2D eigenvalue weighted by Gasteiger charge is -2.13. The van der Waals surface area contributed by atoms with Crippen LogP contribution in [0.1, 0.15) is 37.4 Å². The van der Waals surface area contributed by atoms with E-state index in [-0.39, 0.29) is 11.8 Å². The van der Waals surface area contributed by atoms with Gasteiger partial charge in [0.25, 0.3) is 11.8 Å². The Balaban J connectivity index is 1.59.